The van der Waals surface area contributed by atoms with Crippen LogP contribution in [0, 0.1) is 12.7 Å². The quantitative estimate of drug-likeness (QED) is 0.349. The fourth-order valence-electron chi connectivity index (χ4n) is 4.74. The SMILES string of the molecule is COc1cc(/C=C2\CCCN([C@H](C)c3ccc(F)cc3-n3cccn3)C2=O)ccc1-n1cnc(C)c1. The van der Waals surface area contributed by atoms with Crippen LogP contribution in [0.5, 0.6) is 5.75 Å². The first-order valence-corrected chi connectivity index (χ1v) is 11.9. The summed E-state index contributed by atoms with van der Waals surface area (Å²) in [6, 6.07) is 12.1. The second-order valence-corrected chi connectivity index (χ2v) is 8.96. The molecule has 3 heterocycles. The average molecular weight is 486 g/mol. The molecule has 1 atom stereocenters. The fraction of sp³-hybridized carbons (Fsp3) is 0.250. The van der Waals surface area contributed by atoms with E-state index in [2.05, 4.69) is 10.1 Å². The van der Waals surface area contributed by atoms with Crippen LogP contribution in [0.3, 0.4) is 0 Å². The summed E-state index contributed by atoms with van der Waals surface area (Å²) in [7, 11) is 1.63. The molecular weight excluding hydrogens is 457 g/mol. The molecule has 1 amide bonds. The molecule has 0 bridgehead atoms. The highest BCUT2D eigenvalue weighted by atomic mass is 19.1. The van der Waals surface area contributed by atoms with Gasteiger partial charge in [0, 0.05) is 36.3 Å². The second kappa shape index (κ2) is 9.81. The van der Waals surface area contributed by atoms with Gasteiger partial charge in [0.2, 0.25) is 5.91 Å². The Hall–Kier alpha value is -4.20. The van der Waals surface area contributed by atoms with Crippen molar-refractivity contribution in [2.75, 3.05) is 13.7 Å². The monoisotopic (exact) mass is 485 g/mol. The molecule has 0 N–H and O–H groups in total. The molecule has 0 radical (unpaired) electrons. The molecule has 2 aromatic carbocycles. The third kappa shape index (κ3) is 4.54. The topological polar surface area (TPSA) is 65.2 Å². The summed E-state index contributed by atoms with van der Waals surface area (Å²) in [5, 5.41) is 4.27. The van der Waals surface area contributed by atoms with Crippen molar-refractivity contribution in [2.45, 2.75) is 32.7 Å². The standard InChI is InChI=1S/C28H28FN5O2/c1-19-17-32(18-30-19)25-10-7-21(15-27(25)36-3)14-22-6-4-12-33(28(22)35)20(2)24-9-8-23(29)16-26(24)34-13-5-11-31-34/h5,7-11,13-18,20H,4,6,12H2,1-3H3/b22-14+/t20-/m1/s1. The van der Waals surface area contributed by atoms with Crippen molar-refractivity contribution in [1.29, 1.82) is 0 Å². The van der Waals surface area contributed by atoms with E-state index in [1.807, 2.05) is 53.8 Å². The third-order valence-corrected chi connectivity index (χ3v) is 6.58. The molecule has 0 saturated carbocycles. The zero-order valence-electron chi connectivity index (χ0n) is 20.6. The number of carbonyl (C=O) groups excluding carboxylic acids is 1. The number of imidazole rings is 1. The lowest BCUT2D eigenvalue weighted by molar-refractivity contribution is -0.130. The lowest BCUT2D eigenvalue weighted by Gasteiger charge is -2.35. The minimum atomic E-state index is -0.342. The Morgan fingerprint density at radius 2 is 2.03 bits per heavy atom. The summed E-state index contributed by atoms with van der Waals surface area (Å²) in [6.45, 7) is 4.55. The predicted molar refractivity (Wildman–Crippen MR) is 136 cm³/mol. The van der Waals surface area contributed by atoms with Crippen LogP contribution in [-0.2, 0) is 4.79 Å². The minimum Gasteiger partial charge on any atom is -0.495 e. The Kier molecular flexibility index (Phi) is 6.41. The average Bonchev–Trinajstić information content (AvgIpc) is 3.57. The molecule has 5 rings (SSSR count). The van der Waals surface area contributed by atoms with Crippen LogP contribution in [0.15, 0.2) is 73.0 Å². The van der Waals surface area contributed by atoms with Crippen molar-refractivity contribution in [1.82, 2.24) is 24.2 Å². The largest absolute Gasteiger partial charge is 0.495 e. The summed E-state index contributed by atoms with van der Waals surface area (Å²) in [5.41, 5.74) is 4.91. The van der Waals surface area contributed by atoms with Crippen molar-refractivity contribution in [2.24, 2.45) is 0 Å². The molecule has 1 saturated heterocycles. The number of likely N-dealkylation sites (tertiary alicyclic amines) is 1. The van der Waals surface area contributed by atoms with E-state index in [0.29, 0.717) is 24.4 Å². The van der Waals surface area contributed by atoms with Gasteiger partial charge < -0.3 is 14.2 Å². The normalized spacial score (nSPS) is 15.9. The number of halogens is 1. The van der Waals surface area contributed by atoms with Gasteiger partial charge in [-0.15, -0.1) is 0 Å². The maximum atomic E-state index is 14.1. The molecular formula is C28H28FN5O2. The molecule has 184 valence electrons. The number of nitrogens with zero attached hydrogens (tertiary/aromatic N) is 5. The van der Waals surface area contributed by atoms with Crippen LogP contribution in [0.25, 0.3) is 17.5 Å². The summed E-state index contributed by atoms with van der Waals surface area (Å²) in [4.78, 5) is 19.7. The van der Waals surface area contributed by atoms with E-state index in [4.69, 9.17) is 4.74 Å². The predicted octanol–water partition coefficient (Wildman–Crippen LogP) is 5.28. The Morgan fingerprint density at radius 3 is 2.75 bits per heavy atom. The molecule has 0 aliphatic carbocycles. The van der Waals surface area contributed by atoms with Crippen molar-refractivity contribution in [3.63, 3.8) is 0 Å². The first kappa shape index (κ1) is 23.5. The van der Waals surface area contributed by atoms with Gasteiger partial charge in [0.05, 0.1) is 36.5 Å². The van der Waals surface area contributed by atoms with Crippen LogP contribution in [0.4, 0.5) is 4.39 Å². The van der Waals surface area contributed by atoms with Gasteiger partial charge in [-0.2, -0.15) is 5.10 Å². The maximum Gasteiger partial charge on any atom is 0.250 e. The zero-order valence-corrected chi connectivity index (χ0v) is 20.6. The van der Waals surface area contributed by atoms with Crippen LogP contribution in [0.2, 0.25) is 0 Å². The number of rotatable bonds is 6. The molecule has 0 unspecified atom stereocenters. The smallest absolute Gasteiger partial charge is 0.250 e. The van der Waals surface area contributed by atoms with Gasteiger partial charge in [-0.1, -0.05) is 12.1 Å². The van der Waals surface area contributed by atoms with E-state index in [-0.39, 0.29) is 17.8 Å². The first-order chi connectivity index (χ1) is 17.4. The van der Waals surface area contributed by atoms with E-state index < -0.39 is 0 Å². The molecule has 7 nitrogen and oxygen atoms in total. The minimum absolute atomic E-state index is 0.0160. The number of hydrogen-bond donors (Lipinski definition) is 0. The molecule has 1 aliphatic heterocycles. The van der Waals surface area contributed by atoms with E-state index >= 15 is 0 Å². The Morgan fingerprint density at radius 1 is 1.17 bits per heavy atom. The lowest BCUT2D eigenvalue weighted by Crippen LogP contribution is -2.39. The van der Waals surface area contributed by atoms with Gasteiger partial charge >= 0.3 is 0 Å². The summed E-state index contributed by atoms with van der Waals surface area (Å²) >= 11 is 0. The second-order valence-electron chi connectivity index (χ2n) is 8.96. The van der Waals surface area contributed by atoms with Crippen molar-refractivity contribution in [3.05, 3.63) is 95.6 Å². The molecule has 36 heavy (non-hydrogen) atoms. The van der Waals surface area contributed by atoms with Crippen LogP contribution < -0.4 is 4.74 Å². The van der Waals surface area contributed by atoms with Gasteiger partial charge in [0.25, 0.3) is 0 Å². The Labute approximate surface area is 209 Å². The van der Waals surface area contributed by atoms with E-state index in [1.54, 1.807) is 42.6 Å². The first-order valence-electron chi connectivity index (χ1n) is 11.9. The highest BCUT2D eigenvalue weighted by Gasteiger charge is 2.29. The number of methoxy groups -OCH3 is 1. The molecule has 2 aromatic heterocycles. The van der Waals surface area contributed by atoms with Gasteiger partial charge in [-0.3, -0.25) is 4.79 Å². The van der Waals surface area contributed by atoms with Crippen LogP contribution in [-0.4, -0.2) is 43.8 Å². The third-order valence-electron chi connectivity index (χ3n) is 6.58. The number of carbonyl (C=O) groups is 1. The summed E-state index contributed by atoms with van der Waals surface area (Å²) in [5.74, 6) is 0.341. The molecule has 4 aromatic rings. The summed E-state index contributed by atoms with van der Waals surface area (Å²) in [6.07, 6.45) is 10.6. The molecule has 0 spiro atoms. The van der Waals surface area contributed by atoms with E-state index in [1.165, 1.54) is 12.1 Å². The van der Waals surface area contributed by atoms with E-state index in [9.17, 15) is 9.18 Å². The highest BCUT2D eigenvalue weighted by molar-refractivity contribution is 5.99. The molecule has 1 fully saturated rings. The highest BCUT2D eigenvalue weighted by Crippen LogP contribution is 2.33. The Balaban J connectivity index is 1.43. The number of aryl methyl sites for hydroxylation is 1. The number of piperidine rings is 1. The number of ether oxygens (including phenoxy) is 1. The lowest BCUT2D eigenvalue weighted by atomic mass is 9.96. The van der Waals surface area contributed by atoms with Gasteiger partial charge in [0.1, 0.15) is 11.6 Å². The van der Waals surface area contributed by atoms with Crippen molar-refractivity contribution in [3.8, 4) is 17.1 Å². The van der Waals surface area contributed by atoms with Crippen LogP contribution >= 0.6 is 0 Å². The van der Waals surface area contributed by atoms with Gasteiger partial charge in [-0.25, -0.2) is 14.1 Å². The number of benzene rings is 2. The number of aromatic nitrogens is 4. The summed E-state index contributed by atoms with van der Waals surface area (Å²) < 4.78 is 23.3. The number of amides is 1. The Bertz CT molecular complexity index is 1420. The van der Waals surface area contributed by atoms with Crippen LogP contribution in [0.1, 0.15) is 42.6 Å². The number of hydrogen-bond acceptors (Lipinski definition) is 4. The molecule has 1 aliphatic rings. The maximum absolute atomic E-state index is 14.1. The fourth-order valence-corrected chi connectivity index (χ4v) is 4.74. The molecule has 8 heteroatoms. The van der Waals surface area contributed by atoms with Gasteiger partial charge in [0.15, 0.2) is 0 Å². The van der Waals surface area contributed by atoms with Gasteiger partial charge in [-0.05, 0) is 68.7 Å². The van der Waals surface area contributed by atoms with Crippen molar-refractivity contribution >= 4 is 12.0 Å². The van der Waals surface area contributed by atoms with Crippen molar-refractivity contribution < 1.29 is 13.9 Å². The zero-order chi connectivity index (χ0) is 25.2. The van der Waals surface area contributed by atoms with E-state index in [0.717, 1.165) is 34.5 Å².